The lowest BCUT2D eigenvalue weighted by Crippen LogP contribution is -2.41. The molecule has 0 atom stereocenters. The Kier molecular flexibility index (Phi) is 12.0. The van der Waals surface area contributed by atoms with E-state index in [4.69, 9.17) is 14.2 Å². The van der Waals surface area contributed by atoms with Gasteiger partial charge in [0, 0.05) is 60.9 Å². The molecule has 0 spiro atoms. The van der Waals surface area contributed by atoms with Crippen LogP contribution in [0.25, 0.3) is 0 Å². The molecule has 0 aromatic heterocycles. The molecular formula is C35H46N4O5. The van der Waals surface area contributed by atoms with Crippen molar-refractivity contribution in [2.24, 2.45) is 0 Å². The first-order valence-corrected chi connectivity index (χ1v) is 15.6. The molecule has 0 bridgehead atoms. The fourth-order valence-electron chi connectivity index (χ4n) is 5.25. The molecule has 9 heteroatoms. The van der Waals surface area contributed by atoms with Crippen molar-refractivity contribution in [2.45, 2.75) is 78.2 Å². The fourth-order valence-corrected chi connectivity index (χ4v) is 5.25. The number of anilines is 2. The summed E-state index contributed by atoms with van der Waals surface area (Å²) in [6.45, 7) is 10.9. The zero-order valence-corrected chi connectivity index (χ0v) is 26.5. The lowest BCUT2D eigenvalue weighted by atomic mass is 10.1. The molecule has 1 saturated heterocycles. The molecule has 0 aliphatic carbocycles. The number of carbonyl (C=O) groups is 2. The average Bonchev–Trinajstić information content (AvgIpc) is 3.02. The van der Waals surface area contributed by atoms with E-state index >= 15 is 0 Å². The second-order valence-electron chi connectivity index (χ2n) is 11.4. The van der Waals surface area contributed by atoms with Gasteiger partial charge in [-0.05, 0) is 88.1 Å². The van der Waals surface area contributed by atoms with Gasteiger partial charge in [-0.2, -0.15) is 0 Å². The third-order valence-electron chi connectivity index (χ3n) is 7.86. The maximum absolute atomic E-state index is 13.2. The number of nitrogens with zero attached hydrogens (tertiary/aromatic N) is 1. The van der Waals surface area contributed by atoms with Gasteiger partial charge in [0.25, 0.3) is 5.91 Å². The number of ether oxygens (including phenoxy) is 3. The van der Waals surface area contributed by atoms with Gasteiger partial charge in [-0.25, -0.2) is 4.79 Å². The maximum Gasteiger partial charge on any atom is 0.319 e. The van der Waals surface area contributed by atoms with Crippen LogP contribution in [0.3, 0.4) is 0 Å². The van der Waals surface area contributed by atoms with Crippen LogP contribution in [0.1, 0.15) is 69.3 Å². The Balaban J connectivity index is 1.39. The molecular weight excluding hydrogens is 556 g/mol. The minimum atomic E-state index is -0.250. The predicted molar refractivity (Wildman–Crippen MR) is 175 cm³/mol. The highest BCUT2D eigenvalue weighted by Crippen LogP contribution is 2.30. The van der Waals surface area contributed by atoms with E-state index in [0.717, 1.165) is 44.3 Å². The topological polar surface area (TPSA) is 101 Å². The van der Waals surface area contributed by atoms with Gasteiger partial charge in [-0.1, -0.05) is 26.0 Å². The molecule has 3 aromatic carbocycles. The summed E-state index contributed by atoms with van der Waals surface area (Å²) < 4.78 is 17.8. The molecule has 1 heterocycles. The first-order chi connectivity index (χ1) is 21.3. The maximum atomic E-state index is 13.2. The largest absolute Gasteiger partial charge is 0.490 e. The molecule has 236 valence electrons. The van der Waals surface area contributed by atoms with Crippen LogP contribution in [-0.2, 0) is 11.3 Å². The van der Waals surface area contributed by atoms with Crippen LogP contribution < -0.4 is 25.4 Å². The number of nitrogens with one attached hydrogen (secondary N) is 3. The number of carbonyl (C=O) groups excluding carboxylic acids is 2. The van der Waals surface area contributed by atoms with Gasteiger partial charge in [0.2, 0.25) is 0 Å². The van der Waals surface area contributed by atoms with E-state index in [9.17, 15) is 9.59 Å². The van der Waals surface area contributed by atoms with Crippen molar-refractivity contribution in [2.75, 3.05) is 30.8 Å². The SMILES string of the molecule is CCC(CC)NC(=O)Nc1cccc(Oc2ccc(NC(=O)c3cccc(OC4CCN(C(C)C)CC4)c3)cc2COC)c1. The number of rotatable bonds is 13. The van der Waals surface area contributed by atoms with E-state index in [1.807, 2.05) is 50.2 Å². The molecule has 3 aromatic rings. The molecule has 4 rings (SSSR count). The highest BCUT2D eigenvalue weighted by atomic mass is 16.5. The molecule has 44 heavy (non-hydrogen) atoms. The lowest BCUT2D eigenvalue weighted by molar-refractivity contribution is 0.0840. The van der Waals surface area contributed by atoms with E-state index in [-0.39, 0.29) is 30.7 Å². The van der Waals surface area contributed by atoms with Crippen molar-refractivity contribution in [3.63, 3.8) is 0 Å². The molecule has 1 aliphatic heterocycles. The Bertz CT molecular complexity index is 1380. The normalized spacial score (nSPS) is 14.0. The Morgan fingerprint density at radius 1 is 0.886 bits per heavy atom. The second-order valence-corrected chi connectivity index (χ2v) is 11.4. The van der Waals surface area contributed by atoms with E-state index in [1.165, 1.54) is 0 Å². The number of benzene rings is 3. The zero-order valence-electron chi connectivity index (χ0n) is 26.5. The first-order valence-electron chi connectivity index (χ1n) is 15.6. The summed E-state index contributed by atoms with van der Waals surface area (Å²) in [5.74, 6) is 1.62. The fraction of sp³-hybridized carbons (Fsp3) is 0.429. The Labute approximate surface area is 261 Å². The van der Waals surface area contributed by atoms with Crippen molar-refractivity contribution < 1.29 is 23.8 Å². The number of urea groups is 1. The molecule has 3 amide bonds. The van der Waals surface area contributed by atoms with Crippen LogP contribution in [0.5, 0.6) is 17.2 Å². The van der Waals surface area contributed by atoms with E-state index in [2.05, 4.69) is 34.7 Å². The monoisotopic (exact) mass is 602 g/mol. The average molecular weight is 603 g/mol. The van der Waals surface area contributed by atoms with Crippen LogP contribution in [0.2, 0.25) is 0 Å². The van der Waals surface area contributed by atoms with E-state index < -0.39 is 0 Å². The van der Waals surface area contributed by atoms with Crippen LogP contribution in [0.15, 0.2) is 66.7 Å². The van der Waals surface area contributed by atoms with Crippen molar-refractivity contribution in [1.82, 2.24) is 10.2 Å². The number of hydrogen-bond acceptors (Lipinski definition) is 6. The van der Waals surface area contributed by atoms with Crippen LogP contribution in [-0.4, -0.2) is 55.2 Å². The summed E-state index contributed by atoms with van der Waals surface area (Å²) in [6.07, 6.45) is 3.82. The zero-order chi connectivity index (χ0) is 31.5. The standard InChI is InChI=1S/C35H46N4O5/c1-6-27(7-2)37-35(41)38-28-11-9-13-32(22-28)44-33-15-14-29(20-26(33)23-42-5)36-34(40)25-10-8-12-31(21-25)43-30-16-18-39(19-17-30)24(3)4/h8-15,20-22,24,27,30H,6-7,16-19,23H2,1-5H3,(H,36,40)(H2,37,38,41). The molecule has 0 saturated carbocycles. The summed E-state index contributed by atoms with van der Waals surface area (Å²) >= 11 is 0. The first kappa shape index (κ1) is 32.8. The highest BCUT2D eigenvalue weighted by Gasteiger charge is 2.22. The number of likely N-dealkylation sites (tertiary alicyclic amines) is 1. The number of piperidine rings is 1. The Hall–Kier alpha value is -4.08. The molecule has 1 aliphatic rings. The third kappa shape index (κ3) is 9.46. The highest BCUT2D eigenvalue weighted by molar-refractivity contribution is 6.04. The summed E-state index contributed by atoms with van der Waals surface area (Å²) in [7, 11) is 1.61. The molecule has 9 nitrogen and oxygen atoms in total. The van der Waals surface area contributed by atoms with E-state index in [1.54, 1.807) is 37.4 Å². The van der Waals surface area contributed by atoms with E-state index in [0.29, 0.717) is 40.2 Å². The van der Waals surface area contributed by atoms with Crippen molar-refractivity contribution >= 4 is 23.3 Å². The van der Waals surface area contributed by atoms with Crippen LogP contribution in [0, 0.1) is 0 Å². The minimum absolute atomic E-state index is 0.125. The quantitative estimate of drug-likeness (QED) is 0.188. The molecule has 0 radical (unpaired) electrons. The smallest absolute Gasteiger partial charge is 0.319 e. The van der Waals surface area contributed by atoms with Crippen molar-refractivity contribution in [3.05, 3.63) is 77.9 Å². The lowest BCUT2D eigenvalue weighted by Gasteiger charge is -2.34. The summed E-state index contributed by atoms with van der Waals surface area (Å²) in [4.78, 5) is 28.0. The number of amides is 3. The van der Waals surface area contributed by atoms with Gasteiger partial charge >= 0.3 is 6.03 Å². The second kappa shape index (κ2) is 16.1. The van der Waals surface area contributed by atoms with Crippen molar-refractivity contribution in [1.29, 1.82) is 0 Å². The van der Waals surface area contributed by atoms with Gasteiger partial charge in [0.15, 0.2) is 0 Å². The minimum Gasteiger partial charge on any atom is -0.490 e. The summed E-state index contributed by atoms with van der Waals surface area (Å²) in [5.41, 5.74) is 2.53. The number of methoxy groups -OCH3 is 1. The molecule has 1 fully saturated rings. The Morgan fingerprint density at radius 2 is 1.59 bits per heavy atom. The number of hydrogen-bond donors (Lipinski definition) is 3. The molecule has 3 N–H and O–H groups in total. The van der Waals surface area contributed by atoms with Crippen molar-refractivity contribution in [3.8, 4) is 17.2 Å². The van der Waals surface area contributed by atoms with Crippen LogP contribution >= 0.6 is 0 Å². The van der Waals surface area contributed by atoms with Gasteiger partial charge in [-0.3, -0.25) is 4.79 Å². The van der Waals surface area contributed by atoms with Gasteiger partial charge in [0.05, 0.1) is 6.61 Å². The van der Waals surface area contributed by atoms with Gasteiger partial charge in [0.1, 0.15) is 23.4 Å². The summed E-state index contributed by atoms with van der Waals surface area (Å²) in [5, 5.41) is 8.83. The molecule has 0 unspecified atom stereocenters. The van der Waals surface area contributed by atoms with Crippen LogP contribution in [0.4, 0.5) is 16.2 Å². The van der Waals surface area contributed by atoms with Gasteiger partial charge in [-0.15, -0.1) is 0 Å². The Morgan fingerprint density at radius 3 is 2.30 bits per heavy atom. The van der Waals surface area contributed by atoms with Gasteiger partial charge < -0.3 is 35.1 Å². The third-order valence-corrected chi connectivity index (χ3v) is 7.86. The summed E-state index contributed by atoms with van der Waals surface area (Å²) in [6, 6.07) is 20.4. The predicted octanol–water partition coefficient (Wildman–Crippen LogP) is 7.44.